The van der Waals surface area contributed by atoms with Gasteiger partial charge in [-0.05, 0) is 119 Å². The van der Waals surface area contributed by atoms with Gasteiger partial charge in [0.25, 0.3) is 0 Å². The smallest absolute Gasteiger partial charge is 0.0534 e. The minimum Gasteiger partial charge on any atom is -0.309 e. The van der Waals surface area contributed by atoms with Crippen molar-refractivity contribution in [1.82, 2.24) is 0 Å². The molecular weight excluding hydrogens is 725 g/mol. The highest BCUT2D eigenvalue weighted by atomic mass is 15.2. The Balaban J connectivity index is 1.17. The maximum atomic E-state index is 2.45. The minimum atomic E-state index is 0.938. The molecule has 0 radical (unpaired) electrons. The lowest BCUT2D eigenvalue weighted by Crippen LogP contribution is -2.15. The second-order valence-corrected chi connectivity index (χ2v) is 15.2. The fraction of sp³-hybridized carbons (Fsp3) is 0.103. The zero-order valence-electron chi connectivity index (χ0n) is 35.1. The summed E-state index contributed by atoms with van der Waals surface area (Å²) in [6.45, 7) is 8.94. The molecule has 0 saturated carbocycles. The van der Waals surface area contributed by atoms with Crippen molar-refractivity contribution < 1.29 is 0 Å². The highest BCUT2D eigenvalue weighted by molar-refractivity contribution is 5.90. The van der Waals surface area contributed by atoms with Crippen molar-refractivity contribution >= 4 is 58.4 Å². The number of rotatable bonds is 13. The highest BCUT2D eigenvalue weighted by Crippen LogP contribution is 2.44. The van der Waals surface area contributed by atoms with Gasteiger partial charge in [-0.15, -0.1) is 0 Å². The normalized spacial score (nSPS) is 11.3. The van der Waals surface area contributed by atoms with Crippen LogP contribution in [0.2, 0.25) is 0 Å². The van der Waals surface area contributed by atoms with Crippen molar-refractivity contribution in [2.75, 3.05) is 9.80 Å². The van der Waals surface area contributed by atoms with Crippen molar-refractivity contribution in [2.45, 2.75) is 40.5 Å². The number of hydrogen-bond acceptors (Lipinski definition) is 2. The van der Waals surface area contributed by atoms with Gasteiger partial charge < -0.3 is 9.80 Å². The maximum absolute atomic E-state index is 2.45. The lowest BCUT2D eigenvalue weighted by Gasteiger charge is -2.31. The van der Waals surface area contributed by atoms with Crippen LogP contribution in [-0.4, -0.2) is 0 Å². The average Bonchev–Trinajstić information content (AvgIpc) is 3.30. The van der Waals surface area contributed by atoms with E-state index in [2.05, 4.69) is 256 Å². The van der Waals surface area contributed by atoms with Crippen LogP contribution in [0.25, 0.3) is 35.4 Å². The number of benzene rings is 8. The molecule has 0 saturated heterocycles. The molecule has 0 spiro atoms. The quantitative estimate of drug-likeness (QED) is 0.108. The van der Waals surface area contributed by atoms with Crippen LogP contribution in [0.5, 0.6) is 0 Å². The van der Waals surface area contributed by atoms with E-state index in [1.54, 1.807) is 0 Å². The molecule has 0 amide bonds. The Morgan fingerprint density at radius 3 is 1.10 bits per heavy atom. The van der Waals surface area contributed by atoms with E-state index >= 15 is 0 Å². The van der Waals surface area contributed by atoms with Crippen molar-refractivity contribution in [1.29, 1.82) is 0 Å². The van der Waals surface area contributed by atoms with Gasteiger partial charge in [-0.3, -0.25) is 0 Å². The molecule has 8 aromatic carbocycles. The lowest BCUT2D eigenvalue weighted by atomic mass is 9.99. The molecule has 0 unspecified atom stereocenters. The van der Waals surface area contributed by atoms with Gasteiger partial charge in [-0.25, -0.2) is 0 Å². The van der Waals surface area contributed by atoms with Crippen LogP contribution < -0.4 is 9.80 Å². The first kappa shape index (κ1) is 39.7. The van der Waals surface area contributed by atoms with Crippen LogP contribution >= 0.6 is 0 Å². The molecule has 0 N–H and O–H groups in total. The first-order valence-electron chi connectivity index (χ1n) is 21.1. The third kappa shape index (κ3) is 8.65. The van der Waals surface area contributed by atoms with Gasteiger partial charge in [0.1, 0.15) is 0 Å². The molecule has 2 heteroatoms. The first-order chi connectivity index (χ1) is 29.5. The third-order valence-corrected chi connectivity index (χ3v) is 11.3. The standard InChI is InChI=1S/C58H52N2/c1-5-47-27-17-19-43(3)57(47)59(55-29-15-13-25-51(55)33-31-45-21-9-7-10-22-45)53-39-35-49(36-40-53)50-37-41-54(42-38-50)60(58-44(4)20-18-28-48(58)6-2)56-30-16-14-26-52(56)34-32-46-23-11-8-12-24-46/h7-42H,5-6H2,1-4H3/b33-31+,34-32+. The van der Waals surface area contributed by atoms with Crippen LogP contribution in [0.4, 0.5) is 34.1 Å². The van der Waals surface area contributed by atoms with Gasteiger partial charge in [0.2, 0.25) is 0 Å². The van der Waals surface area contributed by atoms with Gasteiger partial charge in [0.05, 0.1) is 22.7 Å². The van der Waals surface area contributed by atoms with Crippen LogP contribution in [0.1, 0.15) is 58.4 Å². The van der Waals surface area contributed by atoms with Crippen molar-refractivity contribution in [3.05, 3.63) is 239 Å². The summed E-state index contributed by atoms with van der Waals surface area (Å²) in [6.07, 6.45) is 10.7. The van der Waals surface area contributed by atoms with E-state index < -0.39 is 0 Å². The number of nitrogens with zero attached hydrogens (tertiary/aromatic N) is 2. The van der Waals surface area contributed by atoms with Crippen molar-refractivity contribution in [2.24, 2.45) is 0 Å². The van der Waals surface area contributed by atoms with Gasteiger partial charge in [-0.2, -0.15) is 0 Å². The minimum absolute atomic E-state index is 0.938. The van der Waals surface area contributed by atoms with Gasteiger partial charge in [-0.1, -0.05) is 196 Å². The Kier molecular flexibility index (Phi) is 12.3. The summed E-state index contributed by atoms with van der Waals surface area (Å²) in [5, 5.41) is 0. The molecule has 294 valence electrons. The summed E-state index contributed by atoms with van der Waals surface area (Å²) in [7, 11) is 0. The first-order valence-corrected chi connectivity index (χ1v) is 21.1. The number of hydrogen-bond donors (Lipinski definition) is 0. The molecule has 0 atom stereocenters. The molecule has 60 heavy (non-hydrogen) atoms. The molecule has 0 aliphatic rings. The summed E-state index contributed by atoms with van der Waals surface area (Å²) < 4.78 is 0. The van der Waals surface area contributed by atoms with Crippen LogP contribution in [0.3, 0.4) is 0 Å². The largest absolute Gasteiger partial charge is 0.309 e. The predicted octanol–water partition coefficient (Wildman–Crippen LogP) is 16.4. The lowest BCUT2D eigenvalue weighted by molar-refractivity contribution is 1.10. The van der Waals surface area contributed by atoms with Crippen molar-refractivity contribution in [3.8, 4) is 11.1 Å². The maximum Gasteiger partial charge on any atom is 0.0534 e. The summed E-state index contributed by atoms with van der Waals surface area (Å²) >= 11 is 0. The van der Waals surface area contributed by atoms with E-state index in [4.69, 9.17) is 0 Å². The number of aryl methyl sites for hydroxylation is 4. The molecule has 0 aliphatic heterocycles. The monoisotopic (exact) mass is 776 g/mol. The third-order valence-electron chi connectivity index (χ3n) is 11.3. The Morgan fingerprint density at radius 2 is 0.717 bits per heavy atom. The van der Waals surface area contributed by atoms with Crippen LogP contribution in [0.15, 0.2) is 194 Å². The second-order valence-electron chi connectivity index (χ2n) is 15.2. The van der Waals surface area contributed by atoms with Gasteiger partial charge >= 0.3 is 0 Å². The number of para-hydroxylation sites is 4. The van der Waals surface area contributed by atoms with Gasteiger partial charge in [0, 0.05) is 11.4 Å². The highest BCUT2D eigenvalue weighted by Gasteiger charge is 2.22. The number of anilines is 6. The topological polar surface area (TPSA) is 6.48 Å². The van der Waals surface area contributed by atoms with E-state index in [1.807, 2.05) is 0 Å². The Hall–Kier alpha value is -7.16. The second kappa shape index (κ2) is 18.6. The molecule has 0 heterocycles. The summed E-state index contributed by atoms with van der Waals surface area (Å²) in [5.74, 6) is 0. The molecule has 2 nitrogen and oxygen atoms in total. The fourth-order valence-electron chi connectivity index (χ4n) is 8.20. The molecule has 8 rings (SSSR count). The van der Waals surface area contributed by atoms with E-state index in [0.29, 0.717) is 0 Å². The molecule has 0 bridgehead atoms. The predicted molar refractivity (Wildman–Crippen MR) is 260 cm³/mol. The Labute approximate surface area is 357 Å². The van der Waals surface area contributed by atoms with E-state index in [-0.39, 0.29) is 0 Å². The zero-order chi connectivity index (χ0) is 41.3. The summed E-state index contributed by atoms with van der Waals surface area (Å²) in [5.41, 5.74) is 19.2. The molecule has 0 aliphatic carbocycles. The van der Waals surface area contributed by atoms with Crippen LogP contribution in [-0.2, 0) is 12.8 Å². The fourth-order valence-corrected chi connectivity index (χ4v) is 8.20. The molecule has 0 aromatic heterocycles. The van der Waals surface area contributed by atoms with Gasteiger partial charge in [0.15, 0.2) is 0 Å². The summed E-state index contributed by atoms with van der Waals surface area (Å²) in [4.78, 5) is 4.89. The zero-order valence-corrected chi connectivity index (χ0v) is 35.1. The molecule has 0 fully saturated rings. The van der Waals surface area contributed by atoms with E-state index in [1.165, 1.54) is 55.9 Å². The molecule has 8 aromatic rings. The Morgan fingerprint density at radius 1 is 0.350 bits per heavy atom. The summed E-state index contributed by atoms with van der Waals surface area (Å²) in [6, 6.07) is 69.9. The van der Waals surface area contributed by atoms with Crippen molar-refractivity contribution in [3.63, 3.8) is 0 Å². The average molecular weight is 777 g/mol. The van der Waals surface area contributed by atoms with E-state index in [9.17, 15) is 0 Å². The SMILES string of the molecule is CCc1cccc(C)c1N(c1ccc(-c2ccc(N(c3ccccc3/C=C/c3ccccc3)c3c(C)cccc3CC)cc2)cc1)c1ccccc1/C=C/c1ccccc1. The van der Waals surface area contributed by atoms with E-state index in [0.717, 1.165) is 46.7 Å². The van der Waals surface area contributed by atoms with Crippen LogP contribution in [0, 0.1) is 13.8 Å². The Bertz CT molecular complexity index is 2530. The molecular formula is C58H52N2.